The monoisotopic (exact) mass is 232 g/mol. The molecule has 1 aromatic heterocycles. The van der Waals surface area contributed by atoms with Gasteiger partial charge in [-0.05, 0) is 6.08 Å². The standard InChI is InChI=1S/C6H8N4O4S/c11-15(12,6-4-7-8-5-6)9-10-2-1-3-13-14-10/h1-2,4-5,9H,3H2,(H,7,8). The molecule has 0 saturated carbocycles. The van der Waals surface area contributed by atoms with Crippen LogP contribution in [-0.2, 0) is 19.9 Å². The highest BCUT2D eigenvalue weighted by molar-refractivity contribution is 7.89. The third-order valence-corrected chi connectivity index (χ3v) is 2.80. The van der Waals surface area contributed by atoms with Crippen LogP contribution in [0.4, 0.5) is 0 Å². The number of hydroxylamine groups is 1. The fourth-order valence-electron chi connectivity index (χ4n) is 0.893. The van der Waals surface area contributed by atoms with Crippen LogP contribution in [0.1, 0.15) is 0 Å². The highest BCUT2D eigenvalue weighted by Crippen LogP contribution is 2.07. The fourth-order valence-corrected chi connectivity index (χ4v) is 1.73. The van der Waals surface area contributed by atoms with Gasteiger partial charge in [0, 0.05) is 12.4 Å². The van der Waals surface area contributed by atoms with Crippen molar-refractivity contribution in [1.29, 1.82) is 0 Å². The molecule has 1 aromatic rings. The minimum absolute atomic E-state index is 0.00470. The summed E-state index contributed by atoms with van der Waals surface area (Å²) in [4.78, 5) is 11.2. The average Bonchev–Trinajstić information content (AvgIpc) is 2.71. The fraction of sp³-hybridized carbons (Fsp3) is 0.167. The first kappa shape index (κ1) is 10.1. The van der Waals surface area contributed by atoms with E-state index in [2.05, 4.69) is 24.9 Å². The van der Waals surface area contributed by atoms with Crippen molar-refractivity contribution in [2.24, 2.45) is 0 Å². The van der Waals surface area contributed by atoms with Crippen LogP contribution in [0.5, 0.6) is 0 Å². The minimum atomic E-state index is -3.69. The maximum absolute atomic E-state index is 11.6. The number of rotatable bonds is 3. The number of aromatic amines is 1. The van der Waals surface area contributed by atoms with Crippen LogP contribution in [0.2, 0.25) is 0 Å². The highest BCUT2D eigenvalue weighted by atomic mass is 32.2. The Bertz CT molecular complexity index is 440. The molecule has 0 spiro atoms. The lowest BCUT2D eigenvalue weighted by Gasteiger charge is -2.20. The van der Waals surface area contributed by atoms with E-state index in [-0.39, 0.29) is 11.5 Å². The summed E-state index contributed by atoms with van der Waals surface area (Å²) in [6.07, 6.45) is 5.40. The summed E-state index contributed by atoms with van der Waals surface area (Å²) in [7, 11) is -3.69. The molecule has 0 bridgehead atoms. The molecule has 2 N–H and O–H groups in total. The molecule has 0 aromatic carbocycles. The second-order valence-electron chi connectivity index (χ2n) is 2.60. The van der Waals surface area contributed by atoms with Crippen molar-refractivity contribution in [1.82, 2.24) is 20.2 Å². The Hall–Kier alpha value is -1.42. The molecule has 82 valence electrons. The Balaban J connectivity index is 2.11. The Morgan fingerprint density at radius 1 is 1.60 bits per heavy atom. The molecular weight excluding hydrogens is 224 g/mol. The second kappa shape index (κ2) is 3.98. The van der Waals surface area contributed by atoms with Gasteiger partial charge in [-0.15, -0.1) is 5.17 Å². The summed E-state index contributed by atoms with van der Waals surface area (Å²) < 4.78 is 23.2. The third kappa shape index (κ3) is 2.33. The van der Waals surface area contributed by atoms with Crippen molar-refractivity contribution >= 4 is 10.0 Å². The topological polar surface area (TPSA) is 96.6 Å². The van der Waals surface area contributed by atoms with Crippen LogP contribution in [0.25, 0.3) is 0 Å². The third-order valence-electron chi connectivity index (χ3n) is 1.53. The molecule has 1 aliphatic heterocycles. The second-order valence-corrected chi connectivity index (χ2v) is 4.26. The van der Waals surface area contributed by atoms with Crippen LogP contribution in [0.3, 0.4) is 0 Å². The van der Waals surface area contributed by atoms with E-state index in [9.17, 15) is 8.42 Å². The molecule has 0 amide bonds. The van der Waals surface area contributed by atoms with Crippen molar-refractivity contribution in [2.45, 2.75) is 4.90 Å². The molecule has 0 saturated heterocycles. The lowest BCUT2D eigenvalue weighted by Crippen LogP contribution is -2.39. The molecule has 15 heavy (non-hydrogen) atoms. The van der Waals surface area contributed by atoms with Gasteiger partial charge in [0.2, 0.25) is 0 Å². The molecule has 2 rings (SSSR count). The van der Waals surface area contributed by atoms with Gasteiger partial charge in [0.1, 0.15) is 11.5 Å². The normalized spacial score (nSPS) is 16.9. The van der Waals surface area contributed by atoms with E-state index in [4.69, 9.17) is 0 Å². The minimum Gasteiger partial charge on any atom is -0.284 e. The Labute approximate surface area is 85.4 Å². The van der Waals surface area contributed by atoms with Crippen molar-refractivity contribution in [3.8, 4) is 0 Å². The lowest BCUT2D eigenvalue weighted by molar-refractivity contribution is -0.421. The average molecular weight is 232 g/mol. The van der Waals surface area contributed by atoms with Crippen LogP contribution < -0.4 is 4.83 Å². The van der Waals surface area contributed by atoms with Crippen molar-refractivity contribution in [2.75, 3.05) is 6.61 Å². The SMILES string of the molecule is O=S(=O)(NN1C=CCOO1)c1cn[nH]c1. The number of hydrogen-bond acceptors (Lipinski definition) is 6. The summed E-state index contributed by atoms with van der Waals surface area (Å²) in [5.74, 6) is 0. The first-order valence-electron chi connectivity index (χ1n) is 3.95. The number of H-pyrrole nitrogens is 1. The molecule has 0 aliphatic carbocycles. The molecule has 0 fully saturated rings. The number of hydrogen-bond donors (Lipinski definition) is 2. The summed E-state index contributed by atoms with van der Waals surface area (Å²) in [6, 6.07) is 0. The molecule has 0 atom stereocenters. The smallest absolute Gasteiger partial charge is 0.262 e. The van der Waals surface area contributed by atoms with Gasteiger partial charge in [0.05, 0.1) is 6.20 Å². The number of nitrogens with zero attached hydrogens (tertiary/aromatic N) is 2. The first-order chi connectivity index (χ1) is 7.18. The van der Waals surface area contributed by atoms with E-state index in [0.717, 1.165) is 5.17 Å². The van der Waals surface area contributed by atoms with Gasteiger partial charge in [-0.2, -0.15) is 5.10 Å². The van der Waals surface area contributed by atoms with Gasteiger partial charge in [-0.3, -0.25) is 5.10 Å². The predicted octanol–water partition coefficient (Wildman–Crippen LogP) is -0.705. The number of hydrazine groups is 1. The summed E-state index contributed by atoms with van der Waals surface area (Å²) in [5.41, 5.74) is 0. The zero-order valence-electron chi connectivity index (χ0n) is 7.45. The van der Waals surface area contributed by atoms with E-state index in [1.807, 2.05) is 0 Å². The summed E-state index contributed by atoms with van der Waals surface area (Å²) >= 11 is 0. The molecule has 9 heteroatoms. The zero-order chi connectivity index (χ0) is 10.7. The quantitative estimate of drug-likeness (QED) is 0.669. The lowest BCUT2D eigenvalue weighted by atomic mass is 10.6. The van der Waals surface area contributed by atoms with E-state index in [1.165, 1.54) is 18.6 Å². The number of sulfonamides is 1. The van der Waals surface area contributed by atoms with E-state index in [0.29, 0.717) is 0 Å². The first-order valence-corrected chi connectivity index (χ1v) is 5.43. The van der Waals surface area contributed by atoms with Crippen LogP contribution in [0.15, 0.2) is 29.6 Å². The Kier molecular flexibility index (Phi) is 2.68. The van der Waals surface area contributed by atoms with Gasteiger partial charge in [-0.25, -0.2) is 13.3 Å². The van der Waals surface area contributed by atoms with E-state index >= 15 is 0 Å². The summed E-state index contributed by atoms with van der Waals surface area (Å²) in [6.45, 7) is 0.268. The highest BCUT2D eigenvalue weighted by Gasteiger charge is 2.19. The molecule has 2 heterocycles. The molecule has 0 unspecified atom stereocenters. The Morgan fingerprint density at radius 3 is 3.07 bits per heavy atom. The van der Waals surface area contributed by atoms with Crippen LogP contribution in [-0.4, -0.2) is 30.4 Å². The van der Waals surface area contributed by atoms with Crippen molar-refractivity contribution in [3.05, 3.63) is 24.7 Å². The number of aromatic nitrogens is 2. The summed E-state index contributed by atoms with van der Waals surface area (Å²) in [5, 5.41) is 6.76. The van der Waals surface area contributed by atoms with Gasteiger partial charge >= 0.3 is 0 Å². The van der Waals surface area contributed by atoms with Gasteiger partial charge in [-0.1, -0.05) is 9.82 Å². The molecule has 8 nitrogen and oxygen atoms in total. The largest absolute Gasteiger partial charge is 0.284 e. The maximum Gasteiger partial charge on any atom is 0.262 e. The van der Waals surface area contributed by atoms with Gasteiger partial charge in [0.25, 0.3) is 10.0 Å². The van der Waals surface area contributed by atoms with Crippen LogP contribution in [0, 0.1) is 0 Å². The maximum atomic E-state index is 11.6. The van der Waals surface area contributed by atoms with Crippen LogP contribution >= 0.6 is 0 Å². The molecular formula is C6H8N4O4S. The molecule has 1 aliphatic rings. The van der Waals surface area contributed by atoms with Gasteiger partial charge < -0.3 is 0 Å². The Morgan fingerprint density at radius 2 is 2.47 bits per heavy atom. The van der Waals surface area contributed by atoms with E-state index < -0.39 is 10.0 Å². The predicted molar refractivity (Wildman–Crippen MR) is 46.9 cm³/mol. The van der Waals surface area contributed by atoms with E-state index in [1.54, 1.807) is 6.08 Å². The van der Waals surface area contributed by atoms with Crippen molar-refractivity contribution < 1.29 is 18.3 Å². The number of nitrogens with one attached hydrogen (secondary N) is 2. The van der Waals surface area contributed by atoms with Gasteiger partial charge in [0.15, 0.2) is 0 Å². The van der Waals surface area contributed by atoms with Crippen molar-refractivity contribution in [3.63, 3.8) is 0 Å². The molecule has 0 radical (unpaired) electrons. The zero-order valence-corrected chi connectivity index (χ0v) is 8.27.